The maximum Gasteiger partial charge on any atom is 0.224 e. The summed E-state index contributed by atoms with van der Waals surface area (Å²) in [7, 11) is 0. The Kier molecular flexibility index (Phi) is 4.66. The van der Waals surface area contributed by atoms with Crippen molar-refractivity contribution < 1.29 is 9.21 Å². The van der Waals surface area contributed by atoms with E-state index in [0.29, 0.717) is 19.0 Å². The molecule has 3 nitrogen and oxygen atoms in total. The smallest absolute Gasteiger partial charge is 0.224 e. The molecule has 0 spiro atoms. The zero-order valence-corrected chi connectivity index (χ0v) is 11.5. The fourth-order valence-electron chi connectivity index (χ4n) is 2.43. The van der Waals surface area contributed by atoms with Gasteiger partial charge in [0.25, 0.3) is 0 Å². The minimum atomic E-state index is 0.227. The summed E-state index contributed by atoms with van der Waals surface area (Å²) in [6.07, 6.45) is 6.97. The van der Waals surface area contributed by atoms with Crippen LogP contribution in [0.15, 0.2) is 22.8 Å². The zero-order valence-electron chi connectivity index (χ0n) is 9.90. The molecule has 0 saturated heterocycles. The van der Waals surface area contributed by atoms with Crippen molar-refractivity contribution in [2.45, 2.75) is 44.7 Å². The van der Waals surface area contributed by atoms with Gasteiger partial charge in [0.2, 0.25) is 5.91 Å². The number of halogens is 1. The monoisotopic (exact) mass is 299 g/mol. The van der Waals surface area contributed by atoms with Crippen LogP contribution in [0.5, 0.6) is 0 Å². The van der Waals surface area contributed by atoms with Gasteiger partial charge in [-0.3, -0.25) is 4.79 Å². The van der Waals surface area contributed by atoms with Gasteiger partial charge in [-0.15, -0.1) is 0 Å². The summed E-state index contributed by atoms with van der Waals surface area (Å²) >= 11 is 3.33. The molecular formula is C13H18BrNO2. The fourth-order valence-corrected chi connectivity index (χ4v) is 2.77. The number of carbonyl (C=O) groups is 1. The number of rotatable bonds is 5. The molecule has 1 fully saturated rings. The van der Waals surface area contributed by atoms with Crippen molar-refractivity contribution in [2.24, 2.45) is 0 Å². The Balaban J connectivity index is 2.03. The maximum atomic E-state index is 12.1. The average molecular weight is 300 g/mol. The molecule has 1 aromatic rings. The van der Waals surface area contributed by atoms with Crippen LogP contribution in [0.2, 0.25) is 0 Å². The number of alkyl halides is 1. The molecule has 0 atom stereocenters. The third-order valence-electron chi connectivity index (χ3n) is 3.30. The summed E-state index contributed by atoms with van der Waals surface area (Å²) in [5, 5.41) is 0.729. The first-order chi connectivity index (χ1) is 8.31. The topological polar surface area (TPSA) is 33.5 Å². The highest BCUT2D eigenvalue weighted by Crippen LogP contribution is 2.25. The largest absolute Gasteiger partial charge is 0.467 e. The third-order valence-corrected chi connectivity index (χ3v) is 3.70. The maximum absolute atomic E-state index is 12.1. The lowest BCUT2D eigenvalue weighted by Gasteiger charge is -2.28. The molecule has 0 aliphatic heterocycles. The first-order valence-corrected chi connectivity index (χ1v) is 7.31. The van der Waals surface area contributed by atoms with E-state index in [-0.39, 0.29) is 5.91 Å². The van der Waals surface area contributed by atoms with Gasteiger partial charge in [-0.1, -0.05) is 28.8 Å². The van der Waals surface area contributed by atoms with Gasteiger partial charge in [0.1, 0.15) is 5.76 Å². The minimum Gasteiger partial charge on any atom is -0.467 e. The molecule has 17 heavy (non-hydrogen) atoms. The SMILES string of the molecule is O=C(CCBr)N(Cc1ccco1)C1CCCC1. The van der Waals surface area contributed by atoms with Crippen LogP contribution in [-0.4, -0.2) is 22.2 Å². The standard InChI is InChI=1S/C13H18BrNO2/c14-8-7-13(16)15(11-4-1-2-5-11)10-12-6-3-9-17-12/h3,6,9,11H,1-2,4-5,7-8,10H2. The van der Waals surface area contributed by atoms with E-state index in [1.165, 1.54) is 12.8 Å². The minimum absolute atomic E-state index is 0.227. The summed E-state index contributed by atoms with van der Waals surface area (Å²) in [5.41, 5.74) is 0. The first-order valence-electron chi connectivity index (χ1n) is 6.19. The predicted octanol–water partition coefficient (Wildman–Crippen LogP) is 3.34. The predicted molar refractivity (Wildman–Crippen MR) is 69.9 cm³/mol. The van der Waals surface area contributed by atoms with Crippen molar-refractivity contribution in [2.75, 3.05) is 5.33 Å². The third kappa shape index (κ3) is 3.35. The van der Waals surface area contributed by atoms with E-state index in [4.69, 9.17) is 4.42 Å². The Bertz CT molecular complexity index is 344. The van der Waals surface area contributed by atoms with E-state index in [1.807, 2.05) is 17.0 Å². The van der Waals surface area contributed by atoms with Gasteiger partial charge in [-0.05, 0) is 25.0 Å². The lowest BCUT2D eigenvalue weighted by Crippen LogP contribution is -2.38. The molecule has 0 unspecified atom stereocenters. The molecule has 0 radical (unpaired) electrons. The van der Waals surface area contributed by atoms with Crippen molar-refractivity contribution in [1.29, 1.82) is 0 Å². The van der Waals surface area contributed by atoms with Gasteiger partial charge >= 0.3 is 0 Å². The van der Waals surface area contributed by atoms with Crippen LogP contribution in [0.4, 0.5) is 0 Å². The fraction of sp³-hybridized carbons (Fsp3) is 0.615. The van der Waals surface area contributed by atoms with Crippen LogP contribution in [-0.2, 0) is 11.3 Å². The highest BCUT2D eigenvalue weighted by atomic mass is 79.9. The van der Waals surface area contributed by atoms with Crippen molar-refractivity contribution in [1.82, 2.24) is 4.90 Å². The summed E-state index contributed by atoms with van der Waals surface area (Å²) < 4.78 is 5.35. The highest BCUT2D eigenvalue weighted by Gasteiger charge is 2.26. The van der Waals surface area contributed by atoms with Crippen LogP contribution >= 0.6 is 15.9 Å². The van der Waals surface area contributed by atoms with E-state index < -0.39 is 0 Å². The molecule has 4 heteroatoms. The molecule has 1 aromatic heterocycles. The lowest BCUT2D eigenvalue weighted by molar-refractivity contribution is -0.134. The van der Waals surface area contributed by atoms with E-state index in [2.05, 4.69) is 15.9 Å². The summed E-state index contributed by atoms with van der Waals surface area (Å²) in [5.74, 6) is 1.10. The lowest BCUT2D eigenvalue weighted by atomic mass is 10.2. The highest BCUT2D eigenvalue weighted by molar-refractivity contribution is 9.09. The van der Waals surface area contributed by atoms with Gasteiger partial charge in [0.15, 0.2) is 0 Å². The number of hydrogen-bond donors (Lipinski definition) is 0. The van der Waals surface area contributed by atoms with E-state index in [0.717, 1.165) is 23.9 Å². The summed E-state index contributed by atoms with van der Waals surface area (Å²) in [6, 6.07) is 4.21. The van der Waals surface area contributed by atoms with Gasteiger partial charge in [0, 0.05) is 17.8 Å². The number of carbonyl (C=O) groups excluding carboxylic acids is 1. The Hall–Kier alpha value is -0.770. The quantitative estimate of drug-likeness (QED) is 0.781. The molecule has 0 bridgehead atoms. The first kappa shape index (κ1) is 12.7. The van der Waals surface area contributed by atoms with Crippen LogP contribution in [0, 0.1) is 0 Å². The molecule has 1 amide bonds. The molecule has 1 aliphatic rings. The van der Waals surface area contributed by atoms with Crippen molar-refractivity contribution in [3.05, 3.63) is 24.2 Å². The second kappa shape index (κ2) is 6.24. The zero-order chi connectivity index (χ0) is 12.1. The van der Waals surface area contributed by atoms with Crippen LogP contribution in [0.3, 0.4) is 0 Å². The Morgan fingerprint density at radius 3 is 2.82 bits per heavy atom. The van der Waals surface area contributed by atoms with E-state index in [9.17, 15) is 4.79 Å². The normalized spacial score (nSPS) is 16.3. The molecular weight excluding hydrogens is 282 g/mol. The number of hydrogen-bond acceptors (Lipinski definition) is 2. The summed E-state index contributed by atoms with van der Waals surface area (Å²) in [4.78, 5) is 14.1. The second-order valence-corrected chi connectivity index (χ2v) is 5.27. The molecule has 1 aliphatic carbocycles. The van der Waals surface area contributed by atoms with Crippen LogP contribution in [0.25, 0.3) is 0 Å². The molecule has 0 aromatic carbocycles. The van der Waals surface area contributed by atoms with Crippen molar-refractivity contribution in [3.8, 4) is 0 Å². The van der Waals surface area contributed by atoms with E-state index in [1.54, 1.807) is 6.26 Å². The Labute approximate surface area is 110 Å². The Morgan fingerprint density at radius 2 is 2.24 bits per heavy atom. The number of furan rings is 1. The second-order valence-electron chi connectivity index (χ2n) is 4.48. The average Bonchev–Trinajstić information content (AvgIpc) is 2.99. The van der Waals surface area contributed by atoms with Gasteiger partial charge in [0.05, 0.1) is 12.8 Å². The Morgan fingerprint density at radius 1 is 1.47 bits per heavy atom. The van der Waals surface area contributed by atoms with Crippen molar-refractivity contribution >= 4 is 21.8 Å². The molecule has 1 heterocycles. The number of nitrogens with zero attached hydrogens (tertiary/aromatic N) is 1. The number of amides is 1. The van der Waals surface area contributed by atoms with Gasteiger partial charge in [-0.25, -0.2) is 0 Å². The molecule has 2 rings (SSSR count). The molecule has 0 N–H and O–H groups in total. The van der Waals surface area contributed by atoms with Crippen LogP contribution < -0.4 is 0 Å². The van der Waals surface area contributed by atoms with Crippen molar-refractivity contribution in [3.63, 3.8) is 0 Å². The summed E-state index contributed by atoms with van der Waals surface area (Å²) in [6.45, 7) is 0.615. The van der Waals surface area contributed by atoms with Gasteiger partial charge in [-0.2, -0.15) is 0 Å². The molecule has 1 saturated carbocycles. The van der Waals surface area contributed by atoms with Crippen LogP contribution in [0.1, 0.15) is 37.9 Å². The van der Waals surface area contributed by atoms with Gasteiger partial charge < -0.3 is 9.32 Å². The van der Waals surface area contributed by atoms with E-state index >= 15 is 0 Å². The molecule has 94 valence electrons.